The lowest BCUT2D eigenvalue weighted by Gasteiger charge is -2.18. The summed E-state index contributed by atoms with van der Waals surface area (Å²) in [6, 6.07) is 7.46. The Bertz CT molecular complexity index is 1180. The quantitative estimate of drug-likeness (QED) is 0.121. The van der Waals surface area contributed by atoms with Gasteiger partial charge in [0.25, 0.3) is 0 Å². The average Bonchev–Trinajstić information content (AvgIpc) is 2.87. The van der Waals surface area contributed by atoms with Gasteiger partial charge in [0.05, 0.1) is 41.6 Å². The van der Waals surface area contributed by atoms with Crippen molar-refractivity contribution < 1.29 is 35.8 Å². The van der Waals surface area contributed by atoms with Crippen LogP contribution >= 0.6 is 0 Å². The molecule has 0 aliphatic heterocycles. The Kier molecular flexibility index (Phi) is 11.1. The molecule has 0 aliphatic carbocycles. The van der Waals surface area contributed by atoms with Crippen LogP contribution < -0.4 is 20.9 Å². The second-order valence-corrected chi connectivity index (χ2v) is 8.68. The number of pyridine rings is 1. The smallest absolute Gasteiger partial charge is 0.430 e. The van der Waals surface area contributed by atoms with Crippen LogP contribution in [0.25, 0.3) is 11.1 Å². The fourth-order valence-electron chi connectivity index (χ4n) is 3.26. The van der Waals surface area contributed by atoms with E-state index in [0.717, 1.165) is 12.8 Å². The molecule has 218 valence electrons. The van der Waals surface area contributed by atoms with Gasteiger partial charge in [-0.1, -0.05) is 32.8 Å². The summed E-state index contributed by atoms with van der Waals surface area (Å²) >= 11 is 0. The number of aromatic nitrogens is 1. The van der Waals surface area contributed by atoms with Crippen LogP contribution in [-0.2, 0) is 0 Å². The summed E-state index contributed by atoms with van der Waals surface area (Å²) in [5.41, 5.74) is 5.18. The highest BCUT2D eigenvalue weighted by molar-refractivity contribution is 6.10. The van der Waals surface area contributed by atoms with Gasteiger partial charge in [0, 0.05) is 0 Å². The van der Waals surface area contributed by atoms with Crippen LogP contribution in [0.3, 0.4) is 0 Å². The van der Waals surface area contributed by atoms with Crippen LogP contribution in [0, 0.1) is 10.8 Å². The number of halogens is 6. The van der Waals surface area contributed by atoms with E-state index >= 15 is 0 Å². The molecule has 40 heavy (non-hydrogen) atoms. The molecular formula is C27H31F6N5O2. The zero-order valence-corrected chi connectivity index (χ0v) is 22.0. The van der Waals surface area contributed by atoms with Crippen molar-refractivity contribution in [2.24, 2.45) is 11.5 Å². The van der Waals surface area contributed by atoms with Crippen molar-refractivity contribution in [2.75, 3.05) is 13.2 Å². The van der Waals surface area contributed by atoms with Gasteiger partial charge in [-0.15, -0.1) is 0 Å². The minimum atomic E-state index is -4.93. The standard InChI is InChI=1S/C27H31F6N5O2/c1-3-5-10-39-21-8-7-9-22(40-11-6-4-2)25(21)16-12-19(17(34)14-23(36)26(28,29)30)38-20(13-16)18(35)15-24(37)27(31,32)33/h7-9,12-15,34-35H,3-6,10-11,36-37H2,1-2H3/b23-14-,24-15-,34-17?,35-18?. The van der Waals surface area contributed by atoms with Gasteiger partial charge in [0.1, 0.15) is 22.9 Å². The average molecular weight is 572 g/mol. The molecule has 0 radical (unpaired) electrons. The van der Waals surface area contributed by atoms with Crippen LogP contribution in [0.2, 0.25) is 0 Å². The third-order valence-electron chi connectivity index (χ3n) is 5.42. The van der Waals surface area contributed by atoms with Crippen molar-refractivity contribution in [1.29, 1.82) is 10.8 Å². The zero-order valence-electron chi connectivity index (χ0n) is 22.0. The molecule has 0 amide bonds. The molecule has 7 nitrogen and oxygen atoms in total. The van der Waals surface area contributed by atoms with Crippen molar-refractivity contribution in [3.8, 4) is 22.6 Å². The van der Waals surface area contributed by atoms with E-state index in [4.69, 9.17) is 31.8 Å². The van der Waals surface area contributed by atoms with Gasteiger partial charge in [-0.2, -0.15) is 26.3 Å². The van der Waals surface area contributed by atoms with Gasteiger partial charge >= 0.3 is 12.4 Å². The maximum Gasteiger partial charge on any atom is 0.430 e. The molecule has 2 aromatic rings. The predicted octanol–water partition coefficient (Wildman–Crippen LogP) is 6.65. The van der Waals surface area contributed by atoms with Crippen LogP contribution in [0.5, 0.6) is 11.5 Å². The van der Waals surface area contributed by atoms with Gasteiger partial charge in [-0.05, 0) is 54.8 Å². The molecule has 0 unspecified atom stereocenters. The lowest BCUT2D eigenvalue weighted by atomic mass is 9.99. The summed E-state index contributed by atoms with van der Waals surface area (Å²) in [5, 5.41) is 16.4. The van der Waals surface area contributed by atoms with Crippen molar-refractivity contribution in [3.05, 3.63) is 65.3 Å². The molecule has 2 rings (SSSR count). The first-order valence-electron chi connectivity index (χ1n) is 12.4. The van der Waals surface area contributed by atoms with Crippen LogP contribution in [0.1, 0.15) is 50.9 Å². The van der Waals surface area contributed by atoms with E-state index < -0.39 is 35.2 Å². The highest BCUT2D eigenvalue weighted by Crippen LogP contribution is 2.39. The number of allylic oxidation sites excluding steroid dienone is 4. The Morgan fingerprint density at radius 3 is 1.55 bits per heavy atom. The third kappa shape index (κ3) is 9.02. The van der Waals surface area contributed by atoms with Gasteiger partial charge in [0.2, 0.25) is 0 Å². The van der Waals surface area contributed by atoms with Crippen molar-refractivity contribution in [2.45, 2.75) is 51.9 Å². The lowest BCUT2D eigenvalue weighted by molar-refractivity contribution is -0.0933. The largest absolute Gasteiger partial charge is 0.493 e. The molecule has 1 aromatic carbocycles. The summed E-state index contributed by atoms with van der Waals surface area (Å²) in [4.78, 5) is 3.97. The van der Waals surface area contributed by atoms with Gasteiger partial charge < -0.3 is 20.9 Å². The molecular weight excluding hydrogens is 540 g/mol. The predicted molar refractivity (Wildman–Crippen MR) is 141 cm³/mol. The Morgan fingerprint density at radius 1 is 0.800 bits per heavy atom. The second-order valence-electron chi connectivity index (χ2n) is 8.68. The van der Waals surface area contributed by atoms with E-state index in [9.17, 15) is 26.3 Å². The van der Waals surface area contributed by atoms with Crippen LogP contribution in [-0.4, -0.2) is 42.0 Å². The van der Waals surface area contributed by atoms with E-state index in [2.05, 4.69) is 4.98 Å². The fraction of sp³-hybridized carbons (Fsp3) is 0.370. The first-order valence-corrected chi connectivity index (χ1v) is 12.4. The Morgan fingerprint density at radius 2 is 1.20 bits per heavy atom. The second kappa shape index (κ2) is 13.9. The minimum absolute atomic E-state index is 0.186. The molecule has 0 saturated carbocycles. The maximum atomic E-state index is 13.0. The van der Waals surface area contributed by atoms with Crippen molar-refractivity contribution in [3.63, 3.8) is 0 Å². The van der Waals surface area contributed by atoms with E-state index in [-0.39, 0.29) is 17.0 Å². The number of benzene rings is 1. The Labute approximate surface area is 227 Å². The fourth-order valence-corrected chi connectivity index (χ4v) is 3.26. The number of hydrogen-bond donors (Lipinski definition) is 4. The topological polar surface area (TPSA) is 131 Å². The summed E-state index contributed by atoms with van der Waals surface area (Å²) in [5.74, 6) is 0.665. The molecule has 6 N–H and O–H groups in total. The zero-order chi connectivity index (χ0) is 30.1. The maximum absolute atomic E-state index is 13.0. The van der Waals surface area contributed by atoms with Crippen molar-refractivity contribution >= 4 is 11.4 Å². The van der Waals surface area contributed by atoms with E-state index in [0.29, 0.717) is 55.3 Å². The molecule has 0 aliphatic rings. The van der Waals surface area contributed by atoms with E-state index in [1.54, 1.807) is 18.2 Å². The Balaban J connectivity index is 2.80. The number of nitrogens with one attached hydrogen (secondary N) is 2. The van der Waals surface area contributed by atoms with Gasteiger partial charge in [-0.3, -0.25) is 10.8 Å². The number of hydrogen-bond acceptors (Lipinski definition) is 7. The number of nitrogens with zero attached hydrogens (tertiary/aromatic N) is 1. The molecule has 1 heterocycles. The summed E-state index contributed by atoms with van der Waals surface area (Å²) < 4.78 is 90.0. The number of unbranched alkanes of at least 4 members (excludes halogenated alkanes) is 2. The normalized spacial score (nSPS) is 12.8. The van der Waals surface area contributed by atoms with Crippen LogP contribution in [0.4, 0.5) is 26.3 Å². The van der Waals surface area contributed by atoms with Gasteiger partial charge in [0.15, 0.2) is 0 Å². The molecule has 0 saturated heterocycles. The SMILES string of the molecule is CCCCOc1cccc(OCCCC)c1-c1cc(C(=N)/C=C(\N)C(F)(F)F)nc(C(=N)/C=C(\N)C(F)(F)F)c1. The third-order valence-corrected chi connectivity index (χ3v) is 5.42. The molecule has 1 aromatic heterocycles. The first kappa shape index (κ1) is 32.2. The summed E-state index contributed by atoms with van der Waals surface area (Å²) in [7, 11) is 0. The number of rotatable bonds is 13. The van der Waals surface area contributed by atoms with Gasteiger partial charge in [-0.25, -0.2) is 4.98 Å². The van der Waals surface area contributed by atoms with Crippen molar-refractivity contribution in [1.82, 2.24) is 4.98 Å². The number of ether oxygens (including phenoxy) is 2. The lowest BCUT2D eigenvalue weighted by Crippen LogP contribution is -2.21. The van der Waals surface area contributed by atoms with Crippen LogP contribution in [0.15, 0.2) is 53.9 Å². The molecule has 0 atom stereocenters. The summed E-state index contributed by atoms with van der Waals surface area (Å²) in [6.07, 6.45) is -6.09. The molecule has 0 spiro atoms. The number of nitrogens with two attached hydrogens (primary N) is 2. The number of alkyl halides is 6. The van der Waals surface area contributed by atoms with E-state index in [1.165, 1.54) is 12.1 Å². The van der Waals surface area contributed by atoms with E-state index in [1.807, 2.05) is 13.8 Å². The highest BCUT2D eigenvalue weighted by atomic mass is 19.4. The monoisotopic (exact) mass is 571 g/mol. The molecule has 0 fully saturated rings. The Hall–Kier alpha value is -4.03. The minimum Gasteiger partial charge on any atom is -0.493 e. The summed E-state index contributed by atoms with van der Waals surface area (Å²) in [6.45, 7) is 4.59. The first-order chi connectivity index (χ1) is 18.7. The highest BCUT2D eigenvalue weighted by Gasteiger charge is 2.33. The molecule has 0 bridgehead atoms. The molecule has 13 heteroatoms.